The minimum absolute atomic E-state index is 0.497. The number of ether oxygens (including phenoxy) is 1. The molecule has 0 spiro atoms. The molecule has 1 fully saturated rings. The molecule has 1 saturated heterocycles. The number of aromatic nitrogens is 1. The van der Waals surface area contributed by atoms with Crippen molar-refractivity contribution in [3.63, 3.8) is 0 Å². The zero-order valence-electron chi connectivity index (χ0n) is 12.0. The SMILES string of the molecule is CC(CNc1ccnc2ccsc12)N1CCOCC1C. The summed E-state index contributed by atoms with van der Waals surface area (Å²) in [5.74, 6) is 0. The molecule has 4 nitrogen and oxygen atoms in total. The zero-order chi connectivity index (χ0) is 13.9. The lowest BCUT2D eigenvalue weighted by Gasteiger charge is -2.38. The van der Waals surface area contributed by atoms with Crippen LogP contribution in [0.25, 0.3) is 10.2 Å². The zero-order valence-corrected chi connectivity index (χ0v) is 12.8. The Morgan fingerprint density at radius 3 is 3.30 bits per heavy atom. The maximum atomic E-state index is 5.50. The molecule has 1 N–H and O–H groups in total. The number of anilines is 1. The number of fused-ring (bicyclic) bond motifs is 1. The van der Waals surface area contributed by atoms with Crippen molar-refractivity contribution in [1.82, 2.24) is 9.88 Å². The Hall–Kier alpha value is -1.17. The van der Waals surface area contributed by atoms with Gasteiger partial charge in [0.15, 0.2) is 0 Å². The van der Waals surface area contributed by atoms with Crippen molar-refractivity contribution in [2.24, 2.45) is 0 Å². The third-order valence-electron chi connectivity index (χ3n) is 3.92. The molecule has 2 aromatic heterocycles. The Balaban J connectivity index is 1.65. The fraction of sp³-hybridized carbons (Fsp3) is 0.533. The summed E-state index contributed by atoms with van der Waals surface area (Å²) in [6.07, 6.45) is 1.87. The van der Waals surface area contributed by atoms with E-state index in [1.165, 1.54) is 10.4 Å². The summed E-state index contributed by atoms with van der Waals surface area (Å²) >= 11 is 1.74. The molecular formula is C15H21N3OS. The summed E-state index contributed by atoms with van der Waals surface area (Å²) in [7, 11) is 0. The van der Waals surface area contributed by atoms with Crippen LogP contribution in [-0.2, 0) is 4.74 Å². The largest absolute Gasteiger partial charge is 0.382 e. The van der Waals surface area contributed by atoms with Crippen LogP contribution >= 0.6 is 11.3 Å². The molecule has 2 atom stereocenters. The first-order chi connectivity index (χ1) is 9.75. The lowest BCUT2D eigenvalue weighted by atomic mass is 10.2. The van der Waals surface area contributed by atoms with E-state index in [1.54, 1.807) is 11.3 Å². The average Bonchev–Trinajstić information content (AvgIpc) is 2.94. The summed E-state index contributed by atoms with van der Waals surface area (Å²) in [4.78, 5) is 6.89. The first-order valence-corrected chi connectivity index (χ1v) is 8.03. The van der Waals surface area contributed by atoms with Gasteiger partial charge in [-0.1, -0.05) is 0 Å². The van der Waals surface area contributed by atoms with Crippen LogP contribution in [0.2, 0.25) is 0 Å². The fourth-order valence-electron chi connectivity index (χ4n) is 2.78. The normalized spacial score (nSPS) is 22.0. The second-order valence-corrected chi connectivity index (χ2v) is 6.30. The molecule has 3 rings (SSSR count). The lowest BCUT2D eigenvalue weighted by Crippen LogP contribution is -2.50. The van der Waals surface area contributed by atoms with Gasteiger partial charge in [0.05, 0.1) is 29.1 Å². The van der Waals surface area contributed by atoms with Gasteiger partial charge in [0.25, 0.3) is 0 Å². The fourth-order valence-corrected chi connectivity index (χ4v) is 3.62. The number of nitrogens with zero attached hydrogens (tertiary/aromatic N) is 2. The molecule has 0 amide bonds. The van der Waals surface area contributed by atoms with E-state index >= 15 is 0 Å². The highest BCUT2D eigenvalue weighted by Gasteiger charge is 2.23. The quantitative estimate of drug-likeness (QED) is 0.940. The molecule has 0 saturated carbocycles. The van der Waals surface area contributed by atoms with Gasteiger partial charge in [0.1, 0.15) is 0 Å². The van der Waals surface area contributed by atoms with Crippen molar-refractivity contribution in [2.45, 2.75) is 25.9 Å². The molecule has 2 aromatic rings. The van der Waals surface area contributed by atoms with Gasteiger partial charge >= 0.3 is 0 Å². The molecule has 2 unspecified atom stereocenters. The van der Waals surface area contributed by atoms with Crippen LogP contribution in [0.5, 0.6) is 0 Å². The van der Waals surface area contributed by atoms with Gasteiger partial charge < -0.3 is 10.1 Å². The van der Waals surface area contributed by atoms with E-state index in [9.17, 15) is 0 Å². The number of hydrogen-bond donors (Lipinski definition) is 1. The Labute approximate surface area is 123 Å². The second kappa shape index (κ2) is 6.08. The van der Waals surface area contributed by atoms with E-state index in [0.717, 1.165) is 31.8 Å². The minimum Gasteiger partial charge on any atom is -0.382 e. The van der Waals surface area contributed by atoms with E-state index < -0.39 is 0 Å². The average molecular weight is 291 g/mol. The van der Waals surface area contributed by atoms with Gasteiger partial charge in [0.2, 0.25) is 0 Å². The molecule has 1 aliphatic rings. The van der Waals surface area contributed by atoms with Crippen LogP contribution < -0.4 is 5.32 Å². The number of morpholine rings is 1. The molecule has 0 aliphatic carbocycles. The number of rotatable bonds is 4. The van der Waals surface area contributed by atoms with E-state index in [0.29, 0.717) is 12.1 Å². The first-order valence-electron chi connectivity index (χ1n) is 7.15. The highest BCUT2D eigenvalue weighted by molar-refractivity contribution is 7.17. The van der Waals surface area contributed by atoms with E-state index in [4.69, 9.17) is 4.74 Å². The van der Waals surface area contributed by atoms with Gasteiger partial charge in [-0.05, 0) is 31.4 Å². The maximum absolute atomic E-state index is 5.50. The van der Waals surface area contributed by atoms with Crippen LogP contribution in [0.4, 0.5) is 5.69 Å². The second-order valence-electron chi connectivity index (χ2n) is 5.39. The van der Waals surface area contributed by atoms with E-state index in [2.05, 4.69) is 46.6 Å². The summed E-state index contributed by atoms with van der Waals surface area (Å²) in [5.41, 5.74) is 2.27. The molecule has 20 heavy (non-hydrogen) atoms. The van der Waals surface area contributed by atoms with Crippen LogP contribution in [-0.4, -0.2) is 48.3 Å². The van der Waals surface area contributed by atoms with Crippen molar-refractivity contribution in [2.75, 3.05) is 31.6 Å². The summed E-state index contributed by atoms with van der Waals surface area (Å²) < 4.78 is 6.75. The number of pyridine rings is 1. The smallest absolute Gasteiger partial charge is 0.0830 e. The predicted molar refractivity (Wildman–Crippen MR) is 84.6 cm³/mol. The number of nitrogens with one attached hydrogen (secondary N) is 1. The molecule has 0 radical (unpaired) electrons. The molecule has 1 aliphatic heterocycles. The molecule has 3 heterocycles. The van der Waals surface area contributed by atoms with Crippen LogP contribution in [0.1, 0.15) is 13.8 Å². The molecular weight excluding hydrogens is 270 g/mol. The molecule has 5 heteroatoms. The lowest BCUT2D eigenvalue weighted by molar-refractivity contribution is -0.0159. The Morgan fingerprint density at radius 1 is 1.55 bits per heavy atom. The number of thiophene rings is 1. The van der Waals surface area contributed by atoms with Crippen molar-refractivity contribution < 1.29 is 4.74 Å². The summed E-state index contributed by atoms with van der Waals surface area (Å²) in [6, 6.07) is 5.13. The molecule has 0 bridgehead atoms. The van der Waals surface area contributed by atoms with Crippen molar-refractivity contribution in [3.8, 4) is 0 Å². The first kappa shape index (κ1) is 13.8. The highest BCUT2D eigenvalue weighted by atomic mass is 32.1. The van der Waals surface area contributed by atoms with Gasteiger partial charge in [-0.2, -0.15) is 0 Å². The Bertz CT molecular complexity index is 571. The highest BCUT2D eigenvalue weighted by Crippen LogP contribution is 2.26. The van der Waals surface area contributed by atoms with Crippen molar-refractivity contribution in [3.05, 3.63) is 23.7 Å². The maximum Gasteiger partial charge on any atom is 0.0830 e. The van der Waals surface area contributed by atoms with Gasteiger partial charge in [-0.15, -0.1) is 11.3 Å². The van der Waals surface area contributed by atoms with E-state index in [1.807, 2.05) is 6.20 Å². The topological polar surface area (TPSA) is 37.4 Å². The van der Waals surface area contributed by atoms with Crippen molar-refractivity contribution in [1.29, 1.82) is 0 Å². The molecule has 108 valence electrons. The number of hydrogen-bond acceptors (Lipinski definition) is 5. The monoisotopic (exact) mass is 291 g/mol. The van der Waals surface area contributed by atoms with Gasteiger partial charge in [0, 0.05) is 31.4 Å². The third kappa shape index (κ3) is 2.80. The third-order valence-corrected chi connectivity index (χ3v) is 4.85. The van der Waals surface area contributed by atoms with Crippen LogP contribution in [0, 0.1) is 0 Å². The van der Waals surface area contributed by atoms with Crippen LogP contribution in [0.3, 0.4) is 0 Å². The van der Waals surface area contributed by atoms with E-state index in [-0.39, 0.29) is 0 Å². The predicted octanol–water partition coefficient (Wildman–Crippen LogP) is 2.82. The van der Waals surface area contributed by atoms with Crippen LogP contribution in [0.15, 0.2) is 23.7 Å². The van der Waals surface area contributed by atoms with Gasteiger partial charge in [-0.3, -0.25) is 9.88 Å². The molecule has 0 aromatic carbocycles. The summed E-state index contributed by atoms with van der Waals surface area (Å²) in [5, 5.41) is 5.67. The van der Waals surface area contributed by atoms with Crippen molar-refractivity contribution >= 4 is 27.2 Å². The Kier molecular flexibility index (Phi) is 4.19. The minimum atomic E-state index is 0.497. The Morgan fingerprint density at radius 2 is 2.45 bits per heavy atom. The standard InChI is InChI=1S/C15H21N3OS/c1-11(18-6-7-19-10-12(18)2)9-17-13-3-5-16-14-4-8-20-15(13)14/h3-5,8,11-12H,6-7,9-10H2,1-2H3,(H,16,17). The van der Waals surface area contributed by atoms with Gasteiger partial charge in [-0.25, -0.2) is 0 Å². The summed E-state index contributed by atoms with van der Waals surface area (Å²) in [6.45, 7) is 8.17.